The lowest BCUT2D eigenvalue weighted by molar-refractivity contribution is -0.195. The van der Waals surface area contributed by atoms with Gasteiger partial charge in [0.15, 0.2) is 5.78 Å². The first-order valence-corrected chi connectivity index (χ1v) is 14.1. The van der Waals surface area contributed by atoms with Crippen LogP contribution >= 0.6 is 0 Å². The van der Waals surface area contributed by atoms with Crippen molar-refractivity contribution in [3.63, 3.8) is 0 Å². The molecule has 0 saturated heterocycles. The summed E-state index contributed by atoms with van der Waals surface area (Å²) in [4.78, 5) is 27.7. The second-order valence-corrected chi connectivity index (χ2v) is 15.2. The number of rotatable bonds is 1. The fourth-order valence-corrected chi connectivity index (χ4v) is 10.6. The van der Waals surface area contributed by atoms with Crippen LogP contribution in [0.4, 0.5) is 0 Å². The Labute approximate surface area is 212 Å². The number of ketones is 1. The molecule has 0 aromatic carbocycles. The number of methoxy groups -OCH3 is 1. The van der Waals surface area contributed by atoms with Crippen LogP contribution in [-0.2, 0) is 14.3 Å². The van der Waals surface area contributed by atoms with Crippen LogP contribution in [0.15, 0.2) is 11.6 Å². The average molecular weight is 485 g/mol. The molecule has 5 aliphatic rings. The molecule has 5 aliphatic carbocycles. The monoisotopic (exact) mass is 484 g/mol. The van der Waals surface area contributed by atoms with Gasteiger partial charge in [-0.15, -0.1) is 0 Å². The molecule has 0 amide bonds. The molecule has 1 unspecified atom stereocenters. The predicted molar refractivity (Wildman–Crippen MR) is 137 cm³/mol. The molecule has 0 aromatic heterocycles. The summed E-state index contributed by atoms with van der Waals surface area (Å²) in [5, 5.41) is 10.9. The molecule has 0 aromatic rings. The molecule has 4 nitrogen and oxygen atoms in total. The van der Waals surface area contributed by atoms with Crippen LogP contribution in [0.3, 0.4) is 0 Å². The van der Waals surface area contributed by atoms with E-state index in [4.69, 9.17) is 4.74 Å². The van der Waals surface area contributed by atoms with E-state index in [0.717, 1.165) is 57.8 Å². The number of carbonyl (C=O) groups excluding carboxylic acids is 2. The fraction of sp³-hybridized carbons (Fsp3) is 0.871. The van der Waals surface area contributed by atoms with Crippen LogP contribution in [0.25, 0.3) is 0 Å². The van der Waals surface area contributed by atoms with E-state index in [9.17, 15) is 14.7 Å². The van der Waals surface area contributed by atoms with E-state index in [0.29, 0.717) is 5.92 Å². The Morgan fingerprint density at radius 1 is 0.943 bits per heavy atom. The van der Waals surface area contributed by atoms with Crippen molar-refractivity contribution in [2.75, 3.05) is 7.11 Å². The highest BCUT2D eigenvalue weighted by molar-refractivity contribution is 5.96. The van der Waals surface area contributed by atoms with Gasteiger partial charge in [0, 0.05) is 5.92 Å². The zero-order chi connectivity index (χ0) is 25.8. The highest BCUT2D eigenvalue weighted by atomic mass is 16.5. The molecule has 1 N–H and O–H groups in total. The molecule has 0 heterocycles. The summed E-state index contributed by atoms with van der Waals surface area (Å²) in [6.07, 6.45) is 10.1. The van der Waals surface area contributed by atoms with Crippen LogP contribution < -0.4 is 0 Å². The maximum atomic E-state index is 14.3. The molecular weight excluding hydrogens is 436 g/mol. The second kappa shape index (κ2) is 7.45. The van der Waals surface area contributed by atoms with Crippen LogP contribution in [0.1, 0.15) is 106 Å². The first-order chi connectivity index (χ1) is 16.1. The Kier molecular flexibility index (Phi) is 5.43. The van der Waals surface area contributed by atoms with E-state index in [1.54, 1.807) is 0 Å². The summed E-state index contributed by atoms with van der Waals surface area (Å²) in [6, 6.07) is 0. The maximum absolute atomic E-state index is 14.3. The van der Waals surface area contributed by atoms with Gasteiger partial charge in [-0.25, -0.2) is 0 Å². The van der Waals surface area contributed by atoms with Gasteiger partial charge in [0.1, 0.15) is 0 Å². The third-order valence-corrected chi connectivity index (χ3v) is 13.0. The lowest BCUT2D eigenvalue weighted by atomic mass is 9.34. The minimum absolute atomic E-state index is 0.0368. The van der Waals surface area contributed by atoms with Crippen molar-refractivity contribution in [2.24, 2.45) is 50.2 Å². The molecule has 4 fully saturated rings. The molecule has 5 rings (SSSR count). The zero-order valence-electron chi connectivity index (χ0n) is 23.4. The number of carbonyl (C=O) groups is 2. The Balaban J connectivity index is 1.65. The van der Waals surface area contributed by atoms with E-state index in [1.165, 1.54) is 12.7 Å². The summed E-state index contributed by atoms with van der Waals surface area (Å²) in [6.45, 7) is 16.3. The summed E-state index contributed by atoms with van der Waals surface area (Å²) >= 11 is 0. The Hall–Kier alpha value is -1.16. The smallest absolute Gasteiger partial charge is 0.312 e. The van der Waals surface area contributed by atoms with Crippen LogP contribution in [0, 0.1) is 50.2 Å². The maximum Gasteiger partial charge on any atom is 0.312 e. The average Bonchev–Trinajstić information content (AvgIpc) is 2.77. The highest BCUT2D eigenvalue weighted by Crippen LogP contribution is 2.75. The van der Waals surface area contributed by atoms with E-state index in [1.807, 2.05) is 0 Å². The number of hydrogen-bond acceptors (Lipinski definition) is 4. The molecule has 8 atom stereocenters. The van der Waals surface area contributed by atoms with Crippen molar-refractivity contribution in [3.8, 4) is 0 Å². The van der Waals surface area contributed by atoms with Crippen molar-refractivity contribution in [2.45, 2.75) is 112 Å². The third kappa shape index (κ3) is 3.07. The molecule has 4 heteroatoms. The van der Waals surface area contributed by atoms with Crippen molar-refractivity contribution >= 4 is 11.8 Å². The first-order valence-electron chi connectivity index (χ1n) is 14.1. The quantitative estimate of drug-likeness (QED) is 0.431. The van der Waals surface area contributed by atoms with Gasteiger partial charge in [-0.1, -0.05) is 54.0 Å². The number of esters is 1. The standard InChI is InChI=1S/C31H48O4/c1-26(2)13-15-31(25(34)35-8)16-14-30(7)24(19(31)18-26)20(32)17-22-28(5)11-10-23(33)27(3,4)21(28)9-12-29(22,30)6/h17,19,21,23-24,33H,9-16,18H2,1-8H3/t19-,21?,23-,24+,28+,29-,30-,31+/m1/s1. The summed E-state index contributed by atoms with van der Waals surface area (Å²) in [7, 11) is 1.52. The van der Waals surface area contributed by atoms with Crippen molar-refractivity contribution in [3.05, 3.63) is 11.6 Å². The topological polar surface area (TPSA) is 63.6 Å². The van der Waals surface area contributed by atoms with Gasteiger partial charge in [-0.2, -0.15) is 0 Å². The molecule has 35 heavy (non-hydrogen) atoms. The van der Waals surface area contributed by atoms with E-state index in [2.05, 4.69) is 54.5 Å². The van der Waals surface area contributed by atoms with Crippen LogP contribution in [-0.4, -0.2) is 30.1 Å². The number of hydrogen-bond donors (Lipinski definition) is 1. The molecule has 0 radical (unpaired) electrons. The predicted octanol–water partition coefficient (Wildman–Crippen LogP) is 6.50. The zero-order valence-corrected chi connectivity index (χ0v) is 23.4. The minimum atomic E-state index is -0.524. The number of ether oxygens (including phenoxy) is 1. The summed E-state index contributed by atoms with van der Waals surface area (Å²) in [5.41, 5.74) is 0.489. The van der Waals surface area contributed by atoms with E-state index >= 15 is 0 Å². The van der Waals surface area contributed by atoms with Crippen molar-refractivity contribution < 1.29 is 19.4 Å². The lowest BCUT2D eigenvalue weighted by Gasteiger charge is -2.70. The third-order valence-electron chi connectivity index (χ3n) is 13.0. The first kappa shape index (κ1) is 25.5. The highest BCUT2D eigenvalue weighted by Gasteiger charge is 2.71. The van der Waals surface area contributed by atoms with E-state index < -0.39 is 5.41 Å². The van der Waals surface area contributed by atoms with E-state index in [-0.39, 0.29) is 56.8 Å². The van der Waals surface area contributed by atoms with Gasteiger partial charge in [0.25, 0.3) is 0 Å². The van der Waals surface area contributed by atoms with Crippen LogP contribution in [0.5, 0.6) is 0 Å². The Morgan fingerprint density at radius 3 is 2.26 bits per heavy atom. The molecule has 0 spiro atoms. The fourth-order valence-electron chi connectivity index (χ4n) is 10.6. The van der Waals surface area contributed by atoms with Crippen LogP contribution in [0.2, 0.25) is 0 Å². The molecule has 0 aliphatic heterocycles. The lowest BCUT2D eigenvalue weighted by Crippen LogP contribution is -2.66. The van der Waals surface area contributed by atoms with Crippen molar-refractivity contribution in [1.29, 1.82) is 0 Å². The molecular formula is C31H48O4. The number of fused-ring (bicyclic) bond motifs is 7. The van der Waals surface area contributed by atoms with Gasteiger partial charge in [-0.05, 0) is 103 Å². The number of aliphatic hydroxyl groups is 1. The van der Waals surface area contributed by atoms with Gasteiger partial charge >= 0.3 is 5.97 Å². The van der Waals surface area contributed by atoms with Crippen molar-refractivity contribution in [1.82, 2.24) is 0 Å². The molecule has 4 saturated carbocycles. The number of allylic oxidation sites excluding steroid dienone is 2. The minimum Gasteiger partial charge on any atom is -0.469 e. The number of aliphatic hydroxyl groups excluding tert-OH is 1. The molecule has 196 valence electrons. The normalized spacial score (nSPS) is 50.1. The molecule has 0 bridgehead atoms. The summed E-state index contributed by atoms with van der Waals surface area (Å²) in [5.74, 6) is 0.436. The SMILES string of the molecule is COC(=O)[C@]12CCC(C)(C)C[C@@H]1[C@H]1C(=O)C=C3[C@@]4(C)CC[C@@H](O)C(C)(C)C4CC[C@@]3(C)[C@]1(C)CC2. The Bertz CT molecular complexity index is 976. The van der Waals surface area contributed by atoms with Gasteiger partial charge < -0.3 is 9.84 Å². The van der Waals surface area contributed by atoms with Gasteiger partial charge in [0.05, 0.1) is 18.6 Å². The second-order valence-electron chi connectivity index (χ2n) is 15.2. The summed E-state index contributed by atoms with van der Waals surface area (Å²) < 4.78 is 5.43. The van der Waals surface area contributed by atoms with Gasteiger partial charge in [-0.3, -0.25) is 9.59 Å². The van der Waals surface area contributed by atoms with Gasteiger partial charge in [0.2, 0.25) is 0 Å². The Morgan fingerprint density at radius 2 is 1.60 bits per heavy atom. The largest absolute Gasteiger partial charge is 0.469 e.